The molecular weight excluding hydrogens is 300 g/mol. The average Bonchev–Trinajstić information content (AvgIpc) is 2.44. The predicted molar refractivity (Wildman–Crippen MR) is 81.3 cm³/mol. The molecule has 1 aromatic rings. The molecule has 2 saturated heterocycles. The topological polar surface area (TPSA) is 15.3 Å². The molecule has 3 aliphatic rings. The zero-order chi connectivity index (χ0) is 12.8. The van der Waals surface area contributed by atoms with E-state index >= 15 is 0 Å². The van der Waals surface area contributed by atoms with Crippen LogP contribution in [-0.2, 0) is 6.42 Å². The molecule has 4 rings (SSSR count). The van der Waals surface area contributed by atoms with Crippen molar-refractivity contribution in [1.29, 1.82) is 0 Å². The highest BCUT2D eigenvalue weighted by Crippen LogP contribution is 2.40. The van der Waals surface area contributed by atoms with Gasteiger partial charge < -0.3 is 5.32 Å². The Morgan fingerprint density at radius 3 is 3.21 bits per heavy atom. The minimum atomic E-state index is 0.656. The Balaban J connectivity index is 1.65. The molecule has 1 N–H and O–H groups in total. The Hall–Kier alpha value is -0.380. The van der Waals surface area contributed by atoms with Gasteiger partial charge in [-0.3, -0.25) is 4.90 Å². The van der Waals surface area contributed by atoms with Crippen LogP contribution in [0.15, 0.2) is 22.7 Å². The maximum absolute atomic E-state index is 3.76. The van der Waals surface area contributed by atoms with E-state index < -0.39 is 0 Å². The number of fused-ring (bicyclic) bond motifs is 4. The highest BCUT2D eigenvalue weighted by Gasteiger charge is 2.39. The van der Waals surface area contributed by atoms with Crippen molar-refractivity contribution in [3.05, 3.63) is 33.8 Å². The van der Waals surface area contributed by atoms with E-state index in [4.69, 9.17) is 0 Å². The number of nitrogens with zero attached hydrogens (tertiary/aromatic N) is 1. The molecule has 0 amide bonds. The third-order valence-corrected chi connectivity index (χ3v) is 5.74. The first kappa shape index (κ1) is 12.4. The number of piperidine rings is 2. The number of nitrogens with one attached hydrogen (secondary N) is 1. The molecule has 3 unspecified atom stereocenters. The van der Waals surface area contributed by atoms with E-state index in [0.717, 1.165) is 12.0 Å². The minimum Gasteiger partial charge on any atom is -0.314 e. The first-order valence-electron chi connectivity index (χ1n) is 7.57. The van der Waals surface area contributed by atoms with Crippen LogP contribution in [0.5, 0.6) is 0 Å². The number of hydrogen-bond donors (Lipinski definition) is 1. The van der Waals surface area contributed by atoms with Crippen LogP contribution in [0.2, 0.25) is 0 Å². The molecule has 0 saturated carbocycles. The van der Waals surface area contributed by atoms with E-state index in [2.05, 4.69) is 44.3 Å². The summed E-state index contributed by atoms with van der Waals surface area (Å²) in [5, 5.41) is 3.76. The van der Waals surface area contributed by atoms with Crippen molar-refractivity contribution in [2.45, 2.75) is 37.8 Å². The number of hydrogen-bond acceptors (Lipinski definition) is 2. The first-order valence-corrected chi connectivity index (χ1v) is 8.36. The molecule has 2 fully saturated rings. The van der Waals surface area contributed by atoms with Gasteiger partial charge in [-0.25, -0.2) is 0 Å². The van der Waals surface area contributed by atoms with Crippen molar-refractivity contribution in [3.8, 4) is 0 Å². The maximum Gasteiger partial charge on any atom is 0.0366 e. The lowest BCUT2D eigenvalue weighted by Crippen LogP contribution is -2.54. The molecule has 19 heavy (non-hydrogen) atoms. The Kier molecular flexibility index (Phi) is 3.17. The van der Waals surface area contributed by atoms with E-state index in [1.165, 1.54) is 49.8 Å². The number of halogens is 1. The van der Waals surface area contributed by atoms with Crippen molar-refractivity contribution in [1.82, 2.24) is 10.2 Å². The lowest BCUT2D eigenvalue weighted by Gasteiger charge is -2.49. The van der Waals surface area contributed by atoms with Crippen molar-refractivity contribution < 1.29 is 0 Å². The SMILES string of the molecule is Brc1ccc2c(c1)CCN1CC3CCCNC3CC21. The number of benzene rings is 1. The van der Waals surface area contributed by atoms with Gasteiger partial charge in [-0.1, -0.05) is 22.0 Å². The molecule has 0 aromatic heterocycles. The summed E-state index contributed by atoms with van der Waals surface area (Å²) in [4.78, 5) is 2.74. The lowest BCUT2D eigenvalue weighted by atomic mass is 9.77. The van der Waals surface area contributed by atoms with Gasteiger partial charge in [0.25, 0.3) is 0 Å². The average molecular weight is 321 g/mol. The molecule has 3 atom stereocenters. The van der Waals surface area contributed by atoms with Gasteiger partial charge in [-0.2, -0.15) is 0 Å². The monoisotopic (exact) mass is 320 g/mol. The summed E-state index contributed by atoms with van der Waals surface area (Å²) < 4.78 is 1.23. The van der Waals surface area contributed by atoms with Crippen LogP contribution in [0.25, 0.3) is 0 Å². The van der Waals surface area contributed by atoms with Crippen LogP contribution >= 0.6 is 15.9 Å². The van der Waals surface area contributed by atoms with E-state index in [-0.39, 0.29) is 0 Å². The lowest BCUT2D eigenvalue weighted by molar-refractivity contribution is 0.0552. The quantitative estimate of drug-likeness (QED) is 0.790. The highest BCUT2D eigenvalue weighted by molar-refractivity contribution is 9.10. The van der Waals surface area contributed by atoms with Crippen molar-refractivity contribution in [2.75, 3.05) is 19.6 Å². The van der Waals surface area contributed by atoms with Crippen molar-refractivity contribution in [2.24, 2.45) is 5.92 Å². The smallest absolute Gasteiger partial charge is 0.0366 e. The second-order valence-electron chi connectivity index (χ2n) is 6.30. The Morgan fingerprint density at radius 2 is 2.26 bits per heavy atom. The maximum atomic E-state index is 3.76. The molecule has 3 heterocycles. The van der Waals surface area contributed by atoms with Gasteiger partial charge in [-0.05, 0) is 61.4 Å². The third kappa shape index (κ3) is 2.16. The fourth-order valence-electron chi connectivity index (χ4n) is 4.28. The second-order valence-corrected chi connectivity index (χ2v) is 7.22. The first-order chi connectivity index (χ1) is 9.31. The van der Waals surface area contributed by atoms with E-state index in [0.29, 0.717) is 6.04 Å². The van der Waals surface area contributed by atoms with Gasteiger partial charge >= 0.3 is 0 Å². The molecule has 0 bridgehead atoms. The Bertz CT molecular complexity index is 488. The highest BCUT2D eigenvalue weighted by atomic mass is 79.9. The van der Waals surface area contributed by atoms with Gasteiger partial charge in [0.1, 0.15) is 0 Å². The molecule has 3 heteroatoms. The van der Waals surface area contributed by atoms with E-state index in [1.54, 1.807) is 11.1 Å². The van der Waals surface area contributed by atoms with Crippen LogP contribution in [0.4, 0.5) is 0 Å². The summed E-state index contributed by atoms with van der Waals surface area (Å²) in [6.07, 6.45) is 5.31. The van der Waals surface area contributed by atoms with Crippen molar-refractivity contribution >= 4 is 15.9 Å². The predicted octanol–water partition coefficient (Wildman–Crippen LogP) is 3.12. The fraction of sp³-hybridized carbons (Fsp3) is 0.625. The third-order valence-electron chi connectivity index (χ3n) is 5.25. The minimum absolute atomic E-state index is 0.656. The molecule has 2 nitrogen and oxygen atoms in total. The summed E-state index contributed by atoms with van der Waals surface area (Å²) in [7, 11) is 0. The number of rotatable bonds is 0. The Labute approximate surface area is 123 Å². The summed E-state index contributed by atoms with van der Waals surface area (Å²) in [5.74, 6) is 0.891. The van der Waals surface area contributed by atoms with Gasteiger partial charge in [-0.15, -0.1) is 0 Å². The van der Waals surface area contributed by atoms with Gasteiger partial charge in [0.15, 0.2) is 0 Å². The Morgan fingerprint density at radius 1 is 1.32 bits per heavy atom. The molecule has 1 aromatic carbocycles. The summed E-state index contributed by atoms with van der Waals surface area (Å²) in [6, 6.07) is 8.29. The van der Waals surface area contributed by atoms with Gasteiger partial charge in [0.2, 0.25) is 0 Å². The van der Waals surface area contributed by atoms with Crippen LogP contribution in [-0.4, -0.2) is 30.6 Å². The zero-order valence-electron chi connectivity index (χ0n) is 11.2. The van der Waals surface area contributed by atoms with Crippen LogP contribution < -0.4 is 5.32 Å². The largest absolute Gasteiger partial charge is 0.314 e. The standard InChI is InChI=1S/C16H21BrN2/c17-13-3-4-14-11(8-13)5-7-19-10-12-2-1-6-18-15(12)9-16(14)19/h3-4,8,12,15-16,18H,1-2,5-7,9-10H2. The van der Waals surface area contributed by atoms with Gasteiger partial charge in [0, 0.05) is 29.6 Å². The molecule has 3 aliphatic heterocycles. The van der Waals surface area contributed by atoms with Crippen LogP contribution in [0, 0.1) is 5.92 Å². The molecule has 0 radical (unpaired) electrons. The van der Waals surface area contributed by atoms with Crippen LogP contribution in [0.3, 0.4) is 0 Å². The van der Waals surface area contributed by atoms with E-state index in [9.17, 15) is 0 Å². The van der Waals surface area contributed by atoms with Crippen LogP contribution in [0.1, 0.15) is 36.4 Å². The second kappa shape index (κ2) is 4.87. The summed E-state index contributed by atoms with van der Waals surface area (Å²) in [6.45, 7) is 3.77. The van der Waals surface area contributed by atoms with Gasteiger partial charge in [0.05, 0.1) is 0 Å². The zero-order valence-corrected chi connectivity index (χ0v) is 12.8. The van der Waals surface area contributed by atoms with Crippen molar-refractivity contribution in [3.63, 3.8) is 0 Å². The molecule has 0 spiro atoms. The summed E-state index contributed by atoms with van der Waals surface area (Å²) >= 11 is 3.61. The summed E-state index contributed by atoms with van der Waals surface area (Å²) in [5.41, 5.74) is 3.14. The molecule has 0 aliphatic carbocycles. The van der Waals surface area contributed by atoms with E-state index in [1.807, 2.05) is 0 Å². The normalized spacial score (nSPS) is 34.3. The fourth-order valence-corrected chi connectivity index (χ4v) is 4.69. The molecule has 102 valence electrons. The molecular formula is C16H21BrN2.